The SMILES string of the molecule is CCC(c1cccnc1)N(C)c1nc2cc(C(=O)O)cnc2n1CC. The summed E-state index contributed by atoms with van der Waals surface area (Å²) >= 11 is 0. The van der Waals surface area contributed by atoms with Gasteiger partial charge in [-0.1, -0.05) is 13.0 Å². The average molecular weight is 339 g/mol. The summed E-state index contributed by atoms with van der Waals surface area (Å²) in [6.45, 7) is 4.84. The van der Waals surface area contributed by atoms with Crippen LogP contribution in [0.3, 0.4) is 0 Å². The lowest BCUT2D eigenvalue weighted by Gasteiger charge is -2.28. The largest absolute Gasteiger partial charge is 0.478 e. The molecule has 0 aliphatic carbocycles. The summed E-state index contributed by atoms with van der Waals surface area (Å²) in [6.07, 6.45) is 5.89. The molecule has 0 fully saturated rings. The molecule has 0 amide bonds. The van der Waals surface area contributed by atoms with E-state index in [1.54, 1.807) is 12.3 Å². The molecule has 3 heterocycles. The Balaban J connectivity index is 2.08. The topological polar surface area (TPSA) is 84.1 Å². The van der Waals surface area contributed by atoms with Crippen molar-refractivity contribution >= 4 is 23.1 Å². The van der Waals surface area contributed by atoms with E-state index in [0.717, 1.165) is 17.9 Å². The van der Waals surface area contributed by atoms with Gasteiger partial charge in [0.2, 0.25) is 5.95 Å². The highest BCUT2D eigenvalue weighted by molar-refractivity contribution is 5.91. The fourth-order valence-electron chi connectivity index (χ4n) is 3.12. The normalized spacial score (nSPS) is 12.3. The monoisotopic (exact) mass is 339 g/mol. The van der Waals surface area contributed by atoms with Gasteiger partial charge in [-0.25, -0.2) is 14.8 Å². The smallest absolute Gasteiger partial charge is 0.337 e. The second-order valence-electron chi connectivity index (χ2n) is 5.85. The number of hydrogen-bond acceptors (Lipinski definition) is 5. The zero-order chi connectivity index (χ0) is 18.0. The number of aromatic nitrogens is 4. The number of nitrogens with zero attached hydrogens (tertiary/aromatic N) is 5. The van der Waals surface area contributed by atoms with E-state index in [-0.39, 0.29) is 11.6 Å². The number of carboxylic acids is 1. The number of fused-ring (bicyclic) bond motifs is 1. The van der Waals surface area contributed by atoms with E-state index in [2.05, 4.69) is 32.8 Å². The lowest BCUT2D eigenvalue weighted by atomic mass is 10.1. The highest BCUT2D eigenvalue weighted by Gasteiger charge is 2.22. The maximum Gasteiger partial charge on any atom is 0.337 e. The third-order valence-electron chi connectivity index (χ3n) is 4.37. The van der Waals surface area contributed by atoms with Crippen molar-refractivity contribution in [2.45, 2.75) is 32.9 Å². The minimum atomic E-state index is -1.00. The molecular formula is C18H21N5O2. The van der Waals surface area contributed by atoms with Crippen LogP contribution in [0.15, 0.2) is 36.8 Å². The van der Waals surface area contributed by atoms with Gasteiger partial charge in [-0.3, -0.25) is 9.55 Å². The van der Waals surface area contributed by atoms with Gasteiger partial charge in [0.15, 0.2) is 5.65 Å². The first kappa shape index (κ1) is 16.9. The number of carbonyl (C=O) groups is 1. The van der Waals surface area contributed by atoms with Crippen LogP contribution in [-0.4, -0.2) is 37.6 Å². The Labute approximate surface area is 146 Å². The van der Waals surface area contributed by atoms with Crippen LogP contribution in [0.1, 0.15) is 42.2 Å². The highest BCUT2D eigenvalue weighted by Crippen LogP contribution is 2.29. The Hall–Kier alpha value is -2.96. The molecule has 0 aliphatic rings. The fourth-order valence-corrected chi connectivity index (χ4v) is 3.12. The second-order valence-corrected chi connectivity index (χ2v) is 5.85. The third kappa shape index (κ3) is 3.05. The van der Waals surface area contributed by atoms with E-state index in [1.165, 1.54) is 6.20 Å². The van der Waals surface area contributed by atoms with E-state index in [9.17, 15) is 4.79 Å². The lowest BCUT2D eigenvalue weighted by molar-refractivity contribution is 0.0696. The molecule has 1 unspecified atom stereocenters. The number of imidazole rings is 1. The Morgan fingerprint density at radius 2 is 2.16 bits per heavy atom. The van der Waals surface area contributed by atoms with Crippen LogP contribution in [0.5, 0.6) is 0 Å². The first-order valence-electron chi connectivity index (χ1n) is 8.29. The minimum absolute atomic E-state index is 0.120. The van der Waals surface area contributed by atoms with Crippen LogP contribution in [-0.2, 0) is 6.54 Å². The van der Waals surface area contributed by atoms with Gasteiger partial charge in [0.25, 0.3) is 0 Å². The summed E-state index contributed by atoms with van der Waals surface area (Å²) in [5, 5.41) is 9.17. The van der Waals surface area contributed by atoms with Gasteiger partial charge >= 0.3 is 5.97 Å². The van der Waals surface area contributed by atoms with Gasteiger partial charge < -0.3 is 10.0 Å². The van der Waals surface area contributed by atoms with Crippen molar-refractivity contribution in [3.05, 3.63) is 47.9 Å². The number of rotatable bonds is 6. The van der Waals surface area contributed by atoms with Crippen LogP contribution >= 0.6 is 0 Å². The van der Waals surface area contributed by atoms with Crippen molar-refractivity contribution in [2.75, 3.05) is 11.9 Å². The molecule has 0 radical (unpaired) electrons. The van der Waals surface area contributed by atoms with E-state index in [1.807, 2.05) is 30.8 Å². The van der Waals surface area contributed by atoms with E-state index < -0.39 is 5.97 Å². The quantitative estimate of drug-likeness (QED) is 0.743. The van der Waals surface area contributed by atoms with Crippen molar-refractivity contribution in [1.29, 1.82) is 0 Å². The van der Waals surface area contributed by atoms with Crippen LogP contribution in [0.2, 0.25) is 0 Å². The summed E-state index contributed by atoms with van der Waals surface area (Å²) in [7, 11) is 1.99. The maximum absolute atomic E-state index is 11.2. The van der Waals surface area contributed by atoms with Gasteiger partial charge in [-0.15, -0.1) is 0 Å². The molecule has 3 aromatic heterocycles. The van der Waals surface area contributed by atoms with Gasteiger partial charge in [0.1, 0.15) is 5.52 Å². The molecule has 0 aliphatic heterocycles. The van der Waals surface area contributed by atoms with E-state index in [4.69, 9.17) is 5.11 Å². The molecule has 0 bridgehead atoms. The average Bonchev–Trinajstić information content (AvgIpc) is 3.00. The fraction of sp³-hybridized carbons (Fsp3) is 0.333. The summed E-state index contributed by atoms with van der Waals surface area (Å²) in [6, 6.07) is 5.67. The zero-order valence-electron chi connectivity index (χ0n) is 14.5. The van der Waals surface area contributed by atoms with Crippen molar-refractivity contribution in [3.8, 4) is 0 Å². The molecule has 0 aromatic carbocycles. The van der Waals surface area contributed by atoms with Crippen LogP contribution in [0, 0.1) is 0 Å². The molecular weight excluding hydrogens is 318 g/mol. The number of aryl methyl sites for hydroxylation is 1. The summed E-state index contributed by atoms with van der Waals surface area (Å²) < 4.78 is 2.00. The third-order valence-corrected chi connectivity index (χ3v) is 4.37. The summed E-state index contributed by atoms with van der Waals surface area (Å²) in [4.78, 5) is 26.5. The van der Waals surface area contributed by atoms with Crippen LogP contribution < -0.4 is 4.90 Å². The number of carboxylic acid groups (broad SMARTS) is 1. The Morgan fingerprint density at radius 1 is 1.36 bits per heavy atom. The minimum Gasteiger partial charge on any atom is -0.478 e. The Bertz CT molecular complexity index is 891. The maximum atomic E-state index is 11.2. The molecule has 0 saturated heterocycles. The Morgan fingerprint density at radius 3 is 2.76 bits per heavy atom. The molecule has 3 aromatic rings. The number of aromatic carboxylic acids is 1. The van der Waals surface area contributed by atoms with Crippen LogP contribution in [0.25, 0.3) is 11.2 Å². The highest BCUT2D eigenvalue weighted by atomic mass is 16.4. The summed E-state index contributed by atoms with van der Waals surface area (Å²) in [5.74, 6) is -0.236. The number of anilines is 1. The Kier molecular flexibility index (Phi) is 4.65. The second kappa shape index (κ2) is 6.88. The molecule has 7 nitrogen and oxygen atoms in total. The summed E-state index contributed by atoms with van der Waals surface area (Å²) in [5.41, 5.74) is 2.53. The first-order chi connectivity index (χ1) is 12.1. The van der Waals surface area contributed by atoms with Gasteiger partial charge in [0, 0.05) is 32.2 Å². The number of pyridine rings is 2. The predicted molar refractivity (Wildman–Crippen MR) is 95.8 cm³/mol. The molecule has 7 heteroatoms. The molecule has 1 atom stereocenters. The van der Waals surface area contributed by atoms with Crippen molar-refractivity contribution in [1.82, 2.24) is 19.5 Å². The van der Waals surface area contributed by atoms with E-state index >= 15 is 0 Å². The molecule has 3 rings (SSSR count). The molecule has 25 heavy (non-hydrogen) atoms. The van der Waals surface area contributed by atoms with Crippen LogP contribution in [0.4, 0.5) is 5.95 Å². The lowest BCUT2D eigenvalue weighted by Crippen LogP contribution is -2.26. The molecule has 0 spiro atoms. The zero-order valence-corrected chi connectivity index (χ0v) is 14.5. The van der Waals surface area contributed by atoms with Crippen molar-refractivity contribution in [3.63, 3.8) is 0 Å². The number of hydrogen-bond donors (Lipinski definition) is 1. The standard InChI is InChI=1S/C18H21N5O2/c1-4-15(12-7-6-8-19-10-12)22(3)18-21-14-9-13(17(24)25)11-20-16(14)23(18)5-2/h6-11,15H,4-5H2,1-3H3,(H,24,25). The molecule has 0 saturated carbocycles. The van der Waals surface area contributed by atoms with Crippen molar-refractivity contribution < 1.29 is 9.90 Å². The predicted octanol–water partition coefficient (Wildman–Crippen LogP) is 3.13. The first-order valence-corrected chi connectivity index (χ1v) is 8.29. The van der Waals surface area contributed by atoms with Crippen molar-refractivity contribution in [2.24, 2.45) is 0 Å². The van der Waals surface area contributed by atoms with Gasteiger partial charge in [0.05, 0.1) is 11.6 Å². The molecule has 130 valence electrons. The van der Waals surface area contributed by atoms with E-state index in [0.29, 0.717) is 17.7 Å². The van der Waals surface area contributed by atoms with Gasteiger partial charge in [-0.2, -0.15) is 0 Å². The van der Waals surface area contributed by atoms with Gasteiger partial charge in [-0.05, 0) is 31.0 Å². The molecule has 1 N–H and O–H groups in total.